The van der Waals surface area contributed by atoms with Crippen LogP contribution in [0.25, 0.3) is 22.8 Å². The molecule has 124 valence electrons. The molecule has 1 saturated carbocycles. The van der Waals surface area contributed by atoms with E-state index in [1.807, 2.05) is 0 Å². The molecule has 0 saturated heterocycles. The van der Waals surface area contributed by atoms with Crippen molar-refractivity contribution in [2.45, 2.75) is 23.1 Å². The lowest BCUT2D eigenvalue weighted by Crippen LogP contribution is -2.24. The Kier molecular flexibility index (Phi) is 3.70. The van der Waals surface area contributed by atoms with Crippen LogP contribution < -0.4 is 4.72 Å². The largest absolute Gasteiger partial charge is 0.334 e. The van der Waals surface area contributed by atoms with Gasteiger partial charge >= 0.3 is 0 Å². The number of nitrogens with one attached hydrogen (secondary N) is 1. The molecule has 2 aromatic heterocycles. The van der Waals surface area contributed by atoms with Gasteiger partial charge < -0.3 is 4.52 Å². The van der Waals surface area contributed by atoms with E-state index in [1.54, 1.807) is 17.5 Å². The van der Waals surface area contributed by atoms with Crippen molar-refractivity contribution in [3.8, 4) is 22.8 Å². The van der Waals surface area contributed by atoms with Crippen molar-refractivity contribution in [1.29, 1.82) is 0 Å². The predicted octanol–water partition coefficient (Wildman–Crippen LogP) is 3.04. The molecule has 0 amide bonds. The molecule has 1 N–H and O–H groups in total. The number of halogens is 1. The Hall–Kier alpha value is -2.10. The molecule has 0 radical (unpaired) electrons. The summed E-state index contributed by atoms with van der Waals surface area (Å²) in [5.41, 5.74) is 1.01. The second-order valence-electron chi connectivity index (χ2n) is 5.48. The lowest BCUT2D eigenvalue weighted by atomic mass is 10.2. The summed E-state index contributed by atoms with van der Waals surface area (Å²) in [6.07, 6.45) is 1.75. The van der Waals surface area contributed by atoms with Crippen molar-refractivity contribution in [2.24, 2.45) is 0 Å². The first-order valence-electron chi connectivity index (χ1n) is 7.22. The average Bonchev–Trinajstić information content (AvgIpc) is 3.06. The van der Waals surface area contributed by atoms with Crippen LogP contribution in [-0.2, 0) is 10.0 Å². The summed E-state index contributed by atoms with van der Waals surface area (Å²) >= 11 is 1.09. The molecule has 2 heterocycles. The van der Waals surface area contributed by atoms with Crippen LogP contribution in [0.3, 0.4) is 0 Å². The first kappa shape index (κ1) is 15.4. The van der Waals surface area contributed by atoms with Crippen molar-refractivity contribution >= 4 is 21.4 Å². The molecule has 0 bridgehead atoms. The number of benzene rings is 1. The Balaban J connectivity index is 1.61. The highest BCUT2D eigenvalue weighted by Gasteiger charge is 2.29. The molecule has 1 aliphatic rings. The summed E-state index contributed by atoms with van der Waals surface area (Å²) in [5.74, 6) is 0.0449. The van der Waals surface area contributed by atoms with Crippen LogP contribution >= 0.6 is 11.3 Å². The topological polar surface area (TPSA) is 85.1 Å². The number of aromatic nitrogens is 2. The molecular formula is C15H12FN3O3S2. The first-order valence-corrected chi connectivity index (χ1v) is 9.58. The van der Waals surface area contributed by atoms with Crippen LogP contribution in [0.15, 0.2) is 44.4 Å². The molecule has 9 heteroatoms. The zero-order chi connectivity index (χ0) is 16.7. The van der Waals surface area contributed by atoms with Crippen molar-refractivity contribution in [2.75, 3.05) is 0 Å². The minimum atomic E-state index is -3.51. The average molecular weight is 365 g/mol. The quantitative estimate of drug-likeness (QED) is 0.751. The summed E-state index contributed by atoms with van der Waals surface area (Å²) in [6.45, 7) is 0. The molecule has 3 aromatic rings. The van der Waals surface area contributed by atoms with Crippen LogP contribution in [-0.4, -0.2) is 24.6 Å². The standard InChI is InChI=1S/C15H12FN3O3S2/c16-11-3-1-2-9(6-11)14-17-15(22-18-14)10-7-13(23-8-10)24(20,21)19-12-4-5-12/h1-3,6-8,12,19H,4-5H2. The number of sulfonamides is 1. The van der Waals surface area contributed by atoms with E-state index in [2.05, 4.69) is 14.9 Å². The lowest BCUT2D eigenvalue weighted by molar-refractivity contribution is 0.432. The van der Waals surface area contributed by atoms with Crippen molar-refractivity contribution in [3.05, 3.63) is 41.5 Å². The van der Waals surface area contributed by atoms with Gasteiger partial charge in [0.1, 0.15) is 10.0 Å². The molecule has 0 aliphatic heterocycles. The zero-order valence-corrected chi connectivity index (χ0v) is 13.9. The van der Waals surface area contributed by atoms with Crippen LogP contribution in [0, 0.1) is 5.82 Å². The van der Waals surface area contributed by atoms with Gasteiger partial charge in [-0.2, -0.15) is 4.98 Å². The summed E-state index contributed by atoms with van der Waals surface area (Å²) in [6, 6.07) is 7.40. The number of thiophene rings is 1. The van der Waals surface area contributed by atoms with Gasteiger partial charge in [0.05, 0.1) is 5.56 Å². The van der Waals surface area contributed by atoms with Gasteiger partial charge in [0.2, 0.25) is 15.8 Å². The third-order valence-corrected chi connectivity index (χ3v) is 6.46. The Morgan fingerprint density at radius 2 is 2.08 bits per heavy atom. The minimum absolute atomic E-state index is 0.0449. The first-order chi connectivity index (χ1) is 11.5. The summed E-state index contributed by atoms with van der Waals surface area (Å²) in [7, 11) is -3.51. The van der Waals surface area contributed by atoms with Crippen molar-refractivity contribution < 1.29 is 17.3 Å². The van der Waals surface area contributed by atoms with Crippen molar-refractivity contribution in [1.82, 2.24) is 14.9 Å². The maximum absolute atomic E-state index is 13.3. The number of hydrogen-bond acceptors (Lipinski definition) is 6. The molecule has 0 spiro atoms. The SMILES string of the molecule is O=S(=O)(NC1CC1)c1cc(-c2nc(-c3cccc(F)c3)no2)cs1. The van der Waals surface area contributed by atoms with Crippen LogP contribution in [0.2, 0.25) is 0 Å². The van der Waals surface area contributed by atoms with E-state index in [4.69, 9.17) is 4.52 Å². The van der Waals surface area contributed by atoms with E-state index < -0.39 is 15.8 Å². The van der Waals surface area contributed by atoms with E-state index in [0.29, 0.717) is 11.1 Å². The predicted molar refractivity (Wildman–Crippen MR) is 86.3 cm³/mol. The zero-order valence-electron chi connectivity index (χ0n) is 12.3. The summed E-state index contributed by atoms with van der Waals surface area (Å²) < 4.78 is 45.6. The van der Waals surface area contributed by atoms with E-state index in [9.17, 15) is 12.8 Å². The van der Waals surface area contributed by atoms with Crippen LogP contribution in [0.1, 0.15) is 12.8 Å². The second-order valence-corrected chi connectivity index (χ2v) is 8.34. The summed E-state index contributed by atoms with van der Waals surface area (Å²) in [4.78, 5) is 4.21. The smallest absolute Gasteiger partial charge is 0.259 e. The normalized spacial score (nSPS) is 14.9. The van der Waals surface area contributed by atoms with Gasteiger partial charge in [-0.1, -0.05) is 17.3 Å². The molecule has 0 unspecified atom stereocenters. The monoisotopic (exact) mass is 365 g/mol. The fraction of sp³-hybridized carbons (Fsp3) is 0.200. The fourth-order valence-corrected chi connectivity index (χ4v) is 4.61. The maximum Gasteiger partial charge on any atom is 0.259 e. The molecule has 1 aliphatic carbocycles. The molecule has 6 nitrogen and oxygen atoms in total. The minimum Gasteiger partial charge on any atom is -0.334 e. The highest BCUT2D eigenvalue weighted by molar-refractivity contribution is 7.91. The van der Waals surface area contributed by atoms with Crippen LogP contribution in [0.4, 0.5) is 4.39 Å². The van der Waals surface area contributed by atoms with Gasteiger partial charge in [-0.15, -0.1) is 11.3 Å². The Bertz CT molecular complexity index is 993. The molecule has 1 aromatic carbocycles. The fourth-order valence-electron chi connectivity index (χ4n) is 2.13. The van der Waals surface area contributed by atoms with Gasteiger partial charge in [-0.3, -0.25) is 0 Å². The Labute approximate surface area is 141 Å². The van der Waals surface area contributed by atoms with Gasteiger partial charge in [-0.25, -0.2) is 17.5 Å². The van der Waals surface area contributed by atoms with Gasteiger partial charge in [-0.05, 0) is 31.0 Å². The maximum atomic E-state index is 13.3. The molecular weight excluding hydrogens is 353 g/mol. The van der Waals surface area contributed by atoms with Gasteiger partial charge in [0, 0.05) is 17.0 Å². The number of rotatable bonds is 5. The Morgan fingerprint density at radius 3 is 2.83 bits per heavy atom. The lowest BCUT2D eigenvalue weighted by Gasteiger charge is -2.00. The highest BCUT2D eigenvalue weighted by Crippen LogP contribution is 2.30. The highest BCUT2D eigenvalue weighted by atomic mass is 32.2. The Morgan fingerprint density at radius 1 is 1.25 bits per heavy atom. The van der Waals surface area contributed by atoms with Crippen molar-refractivity contribution in [3.63, 3.8) is 0 Å². The number of hydrogen-bond donors (Lipinski definition) is 1. The molecule has 4 rings (SSSR count). The third kappa shape index (κ3) is 3.10. The molecule has 0 atom stereocenters. The van der Waals surface area contributed by atoms with E-state index in [1.165, 1.54) is 18.2 Å². The van der Waals surface area contributed by atoms with Gasteiger partial charge in [0.15, 0.2) is 0 Å². The van der Waals surface area contributed by atoms with E-state index in [0.717, 1.165) is 24.2 Å². The second kappa shape index (κ2) is 5.76. The third-order valence-electron chi connectivity index (χ3n) is 3.50. The molecule has 1 fully saturated rings. The summed E-state index contributed by atoms with van der Waals surface area (Å²) in [5, 5.41) is 5.46. The van der Waals surface area contributed by atoms with Crippen LogP contribution in [0.5, 0.6) is 0 Å². The number of nitrogens with zero attached hydrogens (tertiary/aromatic N) is 2. The van der Waals surface area contributed by atoms with E-state index in [-0.39, 0.29) is 22.0 Å². The van der Waals surface area contributed by atoms with Gasteiger partial charge in [0.25, 0.3) is 5.89 Å². The van der Waals surface area contributed by atoms with E-state index >= 15 is 0 Å². The molecule has 24 heavy (non-hydrogen) atoms.